The molecule has 1 heterocycles. The van der Waals surface area contributed by atoms with E-state index in [0.717, 1.165) is 5.92 Å². The molecule has 1 aliphatic rings. The van der Waals surface area contributed by atoms with E-state index in [1.165, 1.54) is 51.2 Å². The van der Waals surface area contributed by atoms with E-state index < -0.39 is 0 Å². The van der Waals surface area contributed by atoms with Crippen LogP contribution in [0.1, 0.15) is 45.4 Å². The summed E-state index contributed by atoms with van der Waals surface area (Å²) in [6, 6.07) is 0. The molecular weight excluding hydrogens is 131 g/mol. The Hall–Kier alpha value is 0.0649. The molecule has 1 atom stereocenters. The molecule has 0 aromatic heterocycles. The first-order valence-electron chi connectivity index (χ1n) is 5.25. The molecule has 0 aliphatic carbocycles. The van der Waals surface area contributed by atoms with E-state index >= 15 is 0 Å². The van der Waals surface area contributed by atoms with Gasteiger partial charge >= 0.3 is 0 Å². The highest BCUT2D eigenvalue weighted by Gasteiger charge is 2.07. The summed E-state index contributed by atoms with van der Waals surface area (Å²) in [6.07, 6.45) is 11.5. The molecule has 1 aliphatic heterocycles. The molecule has 0 N–H and O–H groups in total. The van der Waals surface area contributed by atoms with Crippen molar-refractivity contribution >= 4 is 7.28 Å². The number of hydrogen-bond acceptors (Lipinski definition) is 0. The predicted octanol–water partition coefficient (Wildman–Crippen LogP) is 3.52. The van der Waals surface area contributed by atoms with Gasteiger partial charge in [0.05, 0.1) is 0 Å². The maximum Gasteiger partial charge on any atom is 0.109 e. The van der Waals surface area contributed by atoms with E-state index in [9.17, 15) is 0 Å². The molecule has 0 saturated carbocycles. The highest BCUT2D eigenvalue weighted by molar-refractivity contribution is 6.35. The minimum Gasteiger partial charge on any atom is -0.0803 e. The number of rotatable bonds is 1. The van der Waals surface area contributed by atoms with Crippen LogP contribution in [0.3, 0.4) is 0 Å². The van der Waals surface area contributed by atoms with Crippen molar-refractivity contribution in [3.05, 3.63) is 0 Å². The van der Waals surface area contributed by atoms with Crippen LogP contribution in [0, 0.1) is 5.92 Å². The Bertz CT molecular complexity index is 80.9. The van der Waals surface area contributed by atoms with Crippen LogP contribution in [0.4, 0.5) is 0 Å². The molecule has 0 spiro atoms. The van der Waals surface area contributed by atoms with Gasteiger partial charge in [-0.3, -0.25) is 0 Å². The fraction of sp³-hybridized carbons (Fsp3) is 1.00. The third kappa shape index (κ3) is 3.84. The third-order valence-corrected chi connectivity index (χ3v) is 2.88. The lowest BCUT2D eigenvalue weighted by Gasteiger charge is -2.11. The fourth-order valence-electron chi connectivity index (χ4n) is 1.95. The van der Waals surface area contributed by atoms with Crippen molar-refractivity contribution in [3.63, 3.8) is 0 Å². The second kappa shape index (κ2) is 5.68. The molecule has 0 bridgehead atoms. The van der Waals surface area contributed by atoms with Gasteiger partial charge in [0, 0.05) is 0 Å². The van der Waals surface area contributed by atoms with Crippen molar-refractivity contribution in [2.24, 2.45) is 5.92 Å². The Morgan fingerprint density at radius 3 is 2.82 bits per heavy atom. The maximum absolute atomic E-state index is 2.49. The number of hydrogen-bond donors (Lipinski definition) is 0. The molecule has 1 rings (SSSR count). The van der Waals surface area contributed by atoms with Gasteiger partial charge in [-0.15, -0.1) is 0 Å². The van der Waals surface area contributed by atoms with Gasteiger partial charge in [0.25, 0.3) is 0 Å². The van der Waals surface area contributed by atoms with Gasteiger partial charge in [-0.2, -0.15) is 0 Å². The van der Waals surface area contributed by atoms with Crippen LogP contribution in [0.2, 0.25) is 12.6 Å². The first-order valence-corrected chi connectivity index (χ1v) is 5.25. The van der Waals surface area contributed by atoms with Crippen molar-refractivity contribution in [3.8, 4) is 0 Å². The van der Waals surface area contributed by atoms with E-state index in [1.807, 2.05) is 0 Å². The van der Waals surface area contributed by atoms with Crippen molar-refractivity contribution in [1.29, 1.82) is 0 Å². The Labute approximate surface area is 72.0 Å². The summed E-state index contributed by atoms with van der Waals surface area (Å²) in [7, 11) is 2.49. The minimum absolute atomic E-state index is 1.03. The summed E-state index contributed by atoms with van der Waals surface area (Å²) < 4.78 is 0. The zero-order valence-corrected chi connectivity index (χ0v) is 7.81. The van der Waals surface area contributed by atoms with Gasteiger partial charge in [-0.1, -0.05) is 58.1 Å². The lowest BCUT2D eigenvalue weighted by Crippen LogP contribution is -1.98. The smallest absolute Gasteiger partial charge is 0.0803 e. The van der Waals surface area contributed by atoms with Crippen LogP contribution in [-0.4, -0.2) is 7.28 Å². The summed E-state index contributed by atoms with van der Waals surface area (Å²) in [4.78, 5) is 0. The molecular formula is C10H20B. The van der Waals surface area contributed by atoms with E-state index in [-0.39, 0.29) is 0 Å². The molecule has 1 heteroatoms. The third-order valence-electron chi connectivity index (χ3n) is 2.88. The van der Waals surface area contributed by atoms with Crippen LogP contribution < -0.4 is 0 Å². The van der Waals surface area contributed by atoms with Crippen LogP contribution in [0.15, 0.2) is 0 Å². The van der Waals surface area contributed by atoms with Crippen LogP contribution in [0.25, 0.3) is 0 Å². The minimum atomic E-state index is 1.03. The summed E-state index contributed by atoms with van der Waals surface area (Å²) in [6.45, 7) is 2.34. The first-order chi connectivity index (χ1) is 5.43. The lowest BCUT2D eigenvalue weighted by atomic mass is 9.68. The van der Waals surface area contributed by atoms with E-state index in [0.29, 0.717) is 0 Å². The van der Waals surface area contributed by atoms with Crippen molar-refractivity contribution in [2.75, 3.05) is 0 Å². The van der Waals surface area contributed by atoms with Gasteiger partial charge in [0.2, 0.25) is 0 Å². The van der Waals surface area contributed by atoms with Gasteiger partial charge in [-0.25, -0.2) is 0 Å². The van der Waals surface area contributed by atoms with E-state index in [4.69, 9.17) is 0 Å². The molecule has 0 amide bonds. The predicted molar refractivity (Wildman–Crippen MR) is 52.2 cm³/mol. The zero-order chi connectivity index (χ0) is 7.94. The summed E-state index contributed by atoms with van der Waals surface area (Å²) >= 11 is 0. The SMILES string of the molecule is CCC1CC[B]CCCCC1. The standard InChI is InChI=1S/C10H20B/c1-2-10-6-4-3-5-8-11-9-7-10/h10H,2-9H2,1H3. The van der Waals surface area contributed by atoms with E-state index in [1.54, 1.807) is 0 Å². The molecule has 63 valence electrons. The van der Waals surface area contributed by atoms with Crippen LogP contribution in [0.5, 0.6) is 0 Å². The monoisotopic (exact) mass is 151 g/mol. The van der Waals surface area contributed by atoms with Crippen molar-refractivity contribution < 1.29 is 0 Å². The summed E-state index contributed by atoms with van der Waals surface area (Å²) in [5.41, 5.74) is 0. The second-order valence-corrected chi connectivity index (χ2v) is 3.78. The Kier molecular flexibility index (Phi) is 4.73. The van der Waals surface area contributed by atoms with E-state index in [2.05, 4.69) is 14.2 Å². The molecule has 1 unspecified atom stereocenters. The molecule has 1 fully saturated rings. The van der Waals surface area contributed by atoms with Gasteiger partial charge in [-0.05, 0) is 5.92 Å². The van der Waals surface area contributed by atoms with Gasteiger partial charge in [0.15, 0.2) is 0 Å². The quantitative estimate of drug-likeness (QED) is 0.503. The maximum atomic E-state index is 2.49. The molecule has 0 nitrogen and oxygen atoms in total. The molecule has 1 saturated heterocycles. The molecule has 1 radical (unpaired) electrons. The zero-order valence-electron chi connectivity index (χ0n) is 7.81. The molecule has 0 aromatic rings. The van der Waals surface area contributed by atoms with Gasteiger partial charge in [0.1, 0.15) is 7.28 Å². The van der Waals surface area contributed by atoms with Crippen LogP contribution in [-0.2, 0) is 0 Å². The Morgan fingerprint density at radius 1 is 1.09 bits per heavy atom. The van der Waals surface area contributed by atoms with Crippen LogP contribution >= 0.6 is 0 Å². The van der Waals surface area contributed by atoms with Gasteiger partial charge < -0.3 is 0 Å². The van der Waals surface area contributed by atoms with Crippen molar-refractivity contribution in [1.82, 2.24) is 0 Å². The normalized spacial score (nSPS) is 27.9. The summed E-state index contributed by atoms with van der Waals surface area (Å²) in [5, 5.41) is 0. The average molecular weight is 151 g/mol. The topological polar surface area (TPSA) is 0 Å². The largest absolute Gasteiger partial charge is 0.109 e. The Balaban J connectivity index is 2.19. The summed E-state index contributed by atoms with van der Waals surface area (Å²) in [5.74, 6) is 1.03. The highest BCUT2D eigenvalue weighted by Crippen LogP contribution is 2.21. The second-order valence-electron chi connectivity index (χ2n) is 3.78. The van der Waals surface area contributed by atoms with Crippen molar-refractivity contribution in [2.45, 2.75) is 58.1 Å². The Morgan fingerprint density at radius 2 is 2.00 bits per heavy atom. The molecule has 0 aromatic carbocycles. The first kappa shape index (κ1) is 9.16. The average Bonchev–Trinajstić information content (AvgIpc) is 2.16. The molecule has 11 heavy (non-hydrogen) atoms. The fourth-order valence-corrected chi connectivity index (χ4v) is 1.95. The highest BCUT2D eigenvalue weighted by atomic mass is 14.1. The lowest BCUT2D eigenvalue weighted by molar-refractivity contribution is 0.436.